The average molecular weight is 444 g/mol. The van der Waals surface area contributed by atoms with Gasteiger partial charge in [-0.25, -0.2) is 13.1 Å². The molecule has 1 aliphatic rings. The van der Waals surface area contributed by atoms with Gasteiger partial charge in [0.1, 0.15) is 0 Å². The van der Waals surface area contributed by atoms with Crippen LogP contribution in [-0.2, 0) is 16.6 Å². The second-order valence-electron chi connectivity index (χ2n) is 7.89. The SMILES string of the molecule is CN=C(NCCNS(=O)(=O)c1ccc(C)cc1)NC1CCN(Cc2ccccc2)CC1. The number of aryl methyl sites for hydroxylation is 1. The van der Waals surface area contributed by atoms with Crippen molar-refractivity contribution in [3.8, 4) is 0 Å². The van der Waals surface area contributed by atoms with Crippen LogP contribution in [0.15, 0.2) is 64.5 Å². The lowest BCUT2D eigenvalue weighted by Crippen LogP contribution is -2.49. The minimum atomic E-state index is -3.50. The molecule has 168 valence electrons. The number of sulfonamides is 1. The number of hydrogen-bond donors (Lipinski definition) is 3. The van der Waals surface area contributed by atoms with Crippen LogP contribution in [0.2, 0.25) is 0 Å². The number of nitrogens with zero attached hydrogens (tertiary/aromatic N) is 2. The average Bonchev–Trinajstić information content (AvgIpc) is 2.78. The second-order valence-corrected chi connectivity index (χ2v) is 9.66. The molecular weight excluding hydrogens is 410 g/mol. The first-order valence-electron chi connectivity index (χ1n) is 10.8. The Morgan fingerprint density at radius 3 is 2.35 bits per heavy atom. The van der Waals surface area contributed by atoms with E-state index in [4.69, 9.17) is 0 Å². The van der Waals surface area contributed by atoms with Gasteiger partial charge < -0.3 is 10.6 Å². The Bertz CT molecular complexity index is 938. The van der Waals surface area contributed by atoms with Crippen molar-refractivity contribution in [2.24, 2.45) is 4.99 Å². The third-order valence-corrected chi connectivity index (χ3v) is 6.92. The lowest BCUT2D eigenvalue weighted by molar-refractivity contribution is 0.198. The Balaban J connectivity index is 1.37. The van der Waals surface area contributed by atoms with E-state index < -0.39 is 10.0 Å². The number of likely N-dealkylation sites (tertiary alicyclic amines) is 1. The van der Waals surface area contributed by atoms with Crippen molar-refractivity contribution in [3.05, 3.63) is 65.7 Å². The monoisotopic (exact) mass is 443 g/mol. The van der Waals surface area contributed by atoms with Crippen LogP contribution in [0.1, 0.15) is 24.0 Å². The topological polar surface area (TPSA) is 85.8 Å². The number of benzene rings is 2. The van der Waals surface area contributed by atoms with Gasteiger partial charge in [0.25, 0.3) is 0 Å². The molecular formula is C23H33N5O2S. The number of guanidine groups is 1. The fourth-order valence-corrected chi connectivity index (χ4v) is 4.66. The van der Waals surface area contributed by atoms with E-state index in [0.717, 1.165) is 38.0 Å². The molecule has 31 heavy (non-hydrogen) atoms. The van der Waals surface area contributed by atoms with Gasteiger partial charge in [0.15, 0.2) is 5.96 Å². The zero-order valence-electron chi connectivity index (χ0n) is 18.3. The summed E-state index contributed by atoms with van der Waals surface area (Å²) in [5.74, 6) is 0.705. The van der Waals surface area contributed by atoms with E-state index in [9.17, 15) is 8.42 Å². The van der Waals surface area contributed by atoms with Crippen molar-refractivity contribution in [2.45, 2.75) is 37.2 Å². The summed E-state index contributed by atoms with van der Waals surface area (Å²) >= 11 is 0. The normalized spacial score (nSPS) is 16.3. The van der Waals surface area contributed by atoms with Crippen LogP contribution in [0.4, 0.5) is 0 Å². The van der Waals surface area contributed by atoms with Gasteiger partial charge in [0.05, 0.1) is 4.90 Å². The summed E-state index contributed by atoms with van der Waals surface area (Å²) in [7, 11) is -1.76. The molecule has 1 aliphatic heterocycles. The van der Waals surface area contributed by atoms with Crippen LogP contribution in [0.5, 0.6) is 0 Å². The Kier molecular flexibility index (Phi) is 8.45. The first kappa shape index (κ1) is 23.2. The largest absolute Gasteiger partial charge is 0.355 e. The van der Waals surface area contributed by atoms with E-state index in [1.807, 2.05) is 13.0 Å². The maximum Gasteiger partial charge on any atom is 0.240 e. The van der Waals surface area contributed by atoms with Gasteiger partial charge in [-0.2, -0.15) is 0 Å². The first-order chi connectivity index (χ1) is 15.0. The van der Waals surface area contributed by atoms with Crippen molar-refractivity contribution >= 4 is 16.0 Å². The summed E-state index contributed by atoms with van der Waals surface area (Å²) in [6, 6.07) is 17.7. The summed E-state index contributed by atoms with van der Waals surface area (Å²) in [6.45, 7) is 5.74. The third-order valence-electron chi connectivity index (χ3n) is 5.44. The van der Waals surface area contributed by atoms with Crippen LogP contribution in [0.3, 0.4) is 0 Å². The van der Waals surface area contributed by atoms with Crippen LogP contribution in [-0.4, -0.2) is 58.5 Å². The maximum absolute atomic E-state index is 12.3. The van der Waals surface area contributed by atoms with E-state index >= 15 is 0 Å². The summed E-state index contributed by atoms with van der Waals surface area (Å²) in [6.07, 6.45) is 2.10. The second kappa shape index (κ2) is 11.3. The molecule has 1 saturated heterocycles. The minimum Gasteiger partial charge on any atom is -0.355 e. The number of nitrogens with one attached hydrogen (secondary N) is 3. The molecule has 8 heteroatoms. The van der Waals surface area contributed by atoms with Gasteiger partial charge in [-0.15, -0.1) is 0 Å². The van der Waals surface area contributed by atoms with Crippen molar-refractivity contribution in [3.63, 3.8) is 0 Å². The van der Waals surface area contributed by atoms with Gasteiger partial charge in [-0.1, -0.05) is 48.0 Å². The quantitative estimate of drug-likeness (QED) is 0.331. The van der Waals surface area contributed by atoms with E-state index in [0.29, 0.717) is 18.5 Å². The third kappa shape index (κ3) is 7.34. The van der Waals surface area contributed by atoms with Crippen molar-refractivity contribution in [1.82, 2.24) is 20.3 Å². The van der Waals surface area contributed by atoms with Gasteiger partial charge in [-0.05, 0) is 37.5 Å². The molecule has 7 nitrogen and oxygen atoms in total. The molecule has 0 aliphatic carbocycles. The molecule has 0 aromatic heterocycles. The number of hydrogen-bond acceptors (Lipinski definition) is 4. The fraction of sp³-hybridized carbons (Fsp3) is 0.435. The summed E-state index contributed by atoms with van der Waals surface area (Å²) < 4.78 is 27.3. The molecule has 2 aromatic rings. The molecule has 0 spiro atoms. The van der Waals surface area contributed by atoms with Gasteiger partial charge in [0.2, 0.25) is 10.0 Å². The number of rotatable bonds is 8. The molecule has 1 heterocycles. The minimum absolute atomic E-state index is 0.280. The molecule has 0 unspecified atom stereocenters. The lowest BCUT2D eigenvalue weighted by atomic mass is 10.0. The van der Waals surface area contributed by atoms with Gasteiger partial charge >= 0.3 is 0 Å². The smallest absolute Gasteiger partial charge is 0.240 e. The number of piperidine rings is 1. The van der Waals surface area contributed by atoms with Crippen LogP contribution < -0.4 is 15.4 Å². The highest BCUT2D eigenvalue weighted by Crippen LogP contribution is 2.14. The molecule has 0 bridgehead atoms. The van der Waals surface area contributed by atoms with E-state index in [1.54, 1.807) is 31.3 Å². The van der Waals surface area contributed by atoms with Crippen LogP contribution in [0.25, 0.3) is 0 Å². The summed E-state index contributed by atoms with van der Waals surface area (Å²) in [5, 5.41) is 6.66. The molecule has 3 rings (SSSR count). The molecule has 0 amide bonds. The van der Waals surface area contributed by atoms with Crippen molar-refractivity contribution in [1.29, 1.82) is 0 Å². The lowest BCUT2D eigenvalue weighted by Gasteiger charge is -2.33. The van der Waals surface area contributed by atoms with Crippen molar-refractivity contribution in [2.75, 3.05) is 33.2 Å². The zero-order valence-corrected chi connectivity index (χ0v) is 19.2. The molecule has 0 saturated carbocycles. The Morgan fingerprint density at radius 2 is 1.71 bits per heavy atom. The van der Waals surface area contributed by atoms with E-state index in [1.165, 1.54) is 5.56 Å². The standard InChI is InChI=1S/C23H33N5O2S/c1-19-8-10-22(11-9-19)31(29,30)26-15-14-25-23(24-2)27-21-12-16-28(17-13-21)18-20-6-4-3-5-7-20/h3-11,21,26H,12-18H2,1-2H3,(H2,24,25,27). The first-order valence-corrected chi connectivity index (χ1v) is 12.2. The highest BCUT2D eigenvalue weighted by atomic mass is 32.2. The highest BCUT2D eigenvalue weighted by molar-refractivity contribution is 7.89. The van der Waals surface area contributed by atoms with Crippen LogP contribution >= 0.6 is 0 Å². The maximum atomic E-state index is 12.3. The van der Waals surface area contributed by atoms with Crippen LogP contribution in [0, 0.1) is 6.92 Å². The zero-order chi connectivity index (χ0) is 22.1. The molecule has 0 radical (unpaired) electrons. The van der Waals surface area contributed by atoms with E-state index in [2.05, 4.69) is 49.5 Å². The highest BCUT2D eigenvalue weighted by Gasteiger charge is 2.20. The Morgan fingerprint density at radius 1 is 1.03 bits per heavy atom. The van der Waals surface area contributed by atoms with Gasteiger partial charge in [0, 0.05) is 45.8 Å². The fourth-order valence-electron chi connectivity index (χ4n) is 3.63. The van der Waals surface area contributed by atoms with E-state index in [-0.39, 0.29) is 11.4 Å². The Hall–Kier alpha value is -2.42. The predicted octanol–water partition coefficient (Wildman–Crippen LogP) is 2.10. The molecule has 1 fully saturated rings. The van der Waals surface area contributed by atoms with Crippen molar-refractivity contribution < 1.29 is 8.42 Å². The number of aliphatic imine (C=N–C) groups is 1. The van der Waals surface area contributed by atoms with Gasteiger partial charge in [-0.3, -0.25) is 9.89 Å². The predicted molar refractivity (Wildman–Crippen MR) is 126 cm³/mol. The summed E-state index contributed by atoms with van der Waals surface area (Å²) in [5.41, 5.74) is 2.38. The molecule has 3 N–H and O–H groups in total. The Labute approximate surface area is 186 Å². The molecule has 2 aromatic carbocycles. The summed E-state index contributed by atoms with van der Waals surface area (Å²) in [4.78, 5) is 7.03. The molecule has 0 atom stereocenters.